The molecule has 10 heteroatoms. The van der Waals surface area contributed by atoms with Gasteiger partial charge in [0, 0.05) is 19.2 Å². The number of halogens is 5. The zero-order chi connectivity index (χ0) is 19.9. The van der Waals surface area contributed by atoms with E-state index in [-0.39, 0.29) is 11.5 Å². The number of benzene rings is 1. The molecule has 1 aromatic carbocycles. The molecule has 0 saturated heterocycles. The van der Waals surface area contributed by atoms with Crippen LogP contribution in [-0.4, -0.2) is 28.5 Å². The minimum absolute atomic E-state index is 0.316. The van der Waals surface area contributed by atoms with E-state index in [1.807, 2.05) is 0 Å². The Morgan fingerprint density at radius 2 is 1.62 bits per heavy atom. The first-order chi connectivity index (χ1) is 11.8. The quantitative estimate of drug-likeness (QED) is 0.722. The van der Waals surface area contributed by atoms with Crippen molar-refractivity contribution < 1.29 is 31.5 Å². The number of nitrogens with zero attached hydrogens (tertiary/aromatic N) is 3. The van der Waals surface area contributed by atoms with Gasteiger partial charge in [0.05, 0.1) is 5.69 Å². The van der Waals surface area contributed by atoms with Crippen LogP contribution >= 0.6 is 0 Å². The fourth-order valence-electron chi connectivity index (χ4n) is 2.02. The van der Waals surface area contributed by atoms with Gasteiger partial charge in [-0.05, 0) is 32.9 Å². The minimum atomic E-state index is -4.82. The van der Waals surface area contributed by atoms with Crippen molar-refractivity contribution in [3.8, 4) is 5.69 Å². The van der Waals surface area contributed by atoms with Crippen molar-refractivity contribution in [3.05, 3.63) is 41.6 Å². The standard InChI is InChI=1S/C16H16F5N3O2/c1-15(2,3)26-14(25)23(4)13-8-12(16(19,20)21)22-24(13)11-6-9(17)5-10(18)7-11/h5-8H,1-4H3. The summed E-state index contributed by atoms with van der Waals surface area (Å²) in [6, 6.07) is 2.74. The first-order valence-corrected chi connectivity index (χ1v) is 7.38. The Hall–Kier alpha value is -2.65. The highest BCUT2D eigenvalue weighted by atomic mass is 19.4. The average molecular weight is 377 g/mol. The largest absolute Gasteiger partial charge is 0.443 e. The topological polar surface area (TPSA) is 47.4 Å². The fraction of sp³-hybridized carbons (Fsp3) is 0.375. The van der Waals surface area contributed by atoms with Gasteiger partial charge in [-0.2, -0.15) is 18.3 Å². The Bertz CT molecular complexity index is 804. The van der Waals surface area contributed by atoms with Gasteiger partial charge in [0.25, 0.3) is 0 Å². The van der Waals surface area contributed by atoms with Gasteiger partial charge < -0.3 is 4.74 Å². The van der Waals surface area contributed by atoms with Crippen LogP contribution < -0.4 is 4.90 Å². The van der Waals surface area contributed by atoms with E-state index in [4.69, 9.17) is 4.74 Å². The highest BCUT2D eigenvalue weighted by molar-refractivity contribution is 5.86. The molecule has 0 atom stereocenters. The number of carbonyl (C=O) groups is 1. The maximum absolute atomic E-state index is 13.5. The monoisotopic (exact) mass is 377 g/mol. The number of hydrogen-bond donors (Lipinski definition) is 0. The summed E-state index contributed by atoms with van der Waals surface area (Å²) in [5.41, 5.74) is -2.54. The second kappa shape index (κ2) is 6.58. The Balaban J connectivity index is 2.57. The Kier molecular flexibility index (Phi) is 4.98. The van der Waals surface area contributed by atoms with Gasteiger partial charge >= 0.3 is 12.3 Å². The lowest BCUT2D eigenvalue weighted by atomic mass is 10.2. The summed E-state index contributed by atoms with van der Waals surface area (Å²) in [4.78, 5) is 12.9. The minimum Gasteiger partial charge on any atom is -0.443 e. The van der Waals surface area contributed by atoms with Crippen LogP contribution in [0.1, 0.15) is 26.5 Å². The Morgan fingerprint density at radius 3 is 2.08 bits per heavy atom. The van der Waals surface area contributed by atoms with Crippen molar-refractivity contribution in [1.82, 2.24) is 9.78 Å². The van der Waals surface area contributed by atoms with Crippen LogP contribution in [0.3, 0.4) is 0 Å². The summed E-state index contributed by atoms with van der Waals surface area (Å²) in [6.07, 6.45) is -5.77. The molecule has 2 rings (SSSR count). The van der Waals surface area contributed by atoms with Crippen molar-refractivity contribution >= 4 is 11.9 Å². The number of aromatic nitrogens is 2. The van der Waals surface area contributed by atoms with E-state index < -0.39 is 35.2 Å². The van der Waals surface area contributed by atoms with E-state index >= 15 is 0 Å². The lowest BCUT2D eigenvalue weighted by molar-refractivity contribution is -0.141. The van der Waals surface area contributed by atoms with Crippen molar-refractivity contribution in [3.63, 3.8) is 0 Å². The molecule has 2 aromatic rings. The molecule has 0 bridgehead atoms. The van der Waals surface area contributed by atoms with E-state index in [1.54, 1.807) is 20.8 Å². The molecule has 1 aromatic heterocycles. The molecule has 142 valence electrons. The number of amides is 1. The molecular weight excluding hydrogens is 361 g/mol. The second-order valence-electron chi connectivity index (χ2n) is 6.46. The normalized spacial score (nSPS) is 12.2. The summed E-state index contributed by atoms with van der Waals surface area (Å²) in [5, 5.41) is 3.34. The van der Waals surface area contributed by atoms with Crippen molar-refractivity contribution in [1.29, 1.82) is 0 Å². The molecular formula is C16H16F5N3O2. The molecule has 0 aliphatic heterocycles. The number of ether oxygens (including phenoxy) is 1. The number of hydrogen-bond acceptors (Lipinski definition) is 3. The predicted octanol–water partition coefficient (Wildman–Crippen LogP) is 4.54. The van der Waals surface area contributed by atoms with E-state index in [1.165, 1.54) is 0 Å². The van der Waals surface area contributed by atoms with Gasteiger partial charge in [0.15, 0.2) is 5.69 Å². The Labute approximate surface area is 146 Å². The van der Waals surface area contributed by atoms with Crippen LogP contribution in [0, 0.1) is 11.6 Å². The van der Waals surface area contributed by atoms with Crippen molar-refractivity contribution in [2.24, 2.45) is 0 Å². The SMILES string of the molecule is CN(C(=O)OC(C)(C)C)c1cc(C(F)(F)F)nn1-c1cc(F)cc(F)c1. The number of carbonyl (C=O) groups excluding carboxylic acids is 1. The molecule has 0 radical (unpaired) electrons. The van der Waals surface area contributed by atoms with Crippen molar-refractivity contribution in [2.75, 3.05) is 11.9 Å². The summed E-state index contributed by atoms with van der Waals surface area (Å²) < 4.78 is 71.7. The van der Waals surface area contributed by atoms with Gasteiger partial charge in [0.2, 0.25) is 0 Å². The van der Waals surface area contributed by atoms with Gasteiger partial charge in [-0.1, -0.05) is 0 Å². The first kappa shape index (κ1) is 19.7. The van der Waals surface area contributed by atoms with Crippen LogP contribution in [0.4, 0.5) is 32.6 Å². The summed E-state index contributed by atoms with van der Waals surface area (Å²) in [7, 11) is 1.16. The predicted molar refractivity (Wildman–Crippen MR) is 83.1 cm³/mol. The highest BCUT2D eigenvalue weighted by Crippen LogP contribution is 2.33. The molecule has 0 spiro atoms. The lowest BCUT2D eigenvalue weighted by Gasteiger charge is -2.24. The molecule has 0 aliphatic carbocycles. The van der Waals surface area contributed by atoms with Crippen LogP contribution in [0.15, 0.2) is 24.3 Å². The van der Waals surface area contributed by atoms with E-state index in [0.29, 0.717) is 16.8 Å². The van der Waals surface area contributed by atoms with Gasteiger partial charge in [-0.3, -0.25) is 4.90 Å². The summed E-state index contributed by atoms with van der Waals surface area (Å²) >= 11 is 0. The molecule has 26 heavy (non-hydrogen) atoms. The molecule has 1 heterocycles. The smallest absolute Gasteiger partial charge is 0.435 e. The summed E-state index contributed by atoms with van der Waals surface area (Å²) in [6.45, 7) is 4.75. The molecule has 0 saturated carbocycles. The molecule has 1 amide bonds. The lowest BCUT2D eigenvalue weighted by Crippen LogP contribution is -2.35. The van der Waals surface area contributed by atoms with Crippen LogP contribution in [0.25, 0.3) is 5.69 Å². The van der Waals surface area contributed by atoms with Crippen LogP contribution in [0.2, 0.25) is 0 Å². The molecule has 5 nitrogen and oxygen atoms in total. The van der Waals surface area contributed by atoms with Gasteiger partial charge in [-0.25, -0.2) is 18.3 Å². The summed E-state index contributed by atoms with van der Waals surface area (Å²) in [5.74, 6) is -2.37. The third kappa shape index (κ3) is 4.50. The van der Waals surface area contributed by atoms with Gasteiger partial charge in [0.1, 0.15) is 23.1 Å². The first-order valence-electron chi connectivity index (χ1n) is 7.38. The van der Waals surface area contributed by atoms with E-state index in [2.05, 4.69) is 5.10 Å². The number of anilines is 1. The third-order valence-corrected chi connectivity index (χ3v) is 3.08. The molecule has 0 aliphatic rings. The maximum atomic E-state index is 13.5. The molecule has 0 N–H and O–H groups in total. The fourth-order valence-corrected chi connectivity index (χ4v) is 2.02. The second-order valence-corrected chi connectivity index (χ2v) is 6.46. The zero-order valence-electron chi connectivity index (χ0n) is 14.4. The number of rotatable bonds is 2. The van der Waals surface area contributed by atoms with Crippen molar-refractivity contribution in [2.45, 2.75) is 32.5 Å². The average Bonchev–Trinajstić information content (AvgIpc) is 2.88. The van der Waals surface area contributed by atoms with Gasteiger partial charge in [-0.15, -0.1) is 0 Å². The Morgan fingerprint density at radius 1 is 1.08 bits per heavy atom. The van der Waals surface area contributed by atoms with E-state index in [0.717, 1.165) is 24.1 Å². The third-order valence-electron chi connectivity index (χ3n) is 3.08. The molecule has 0 fully saturated rings. The van der Waals surface area contributed by atoms with Crippen LogP contribution in [-0.2, 0) is 10.9 Å². The number of alkyl halides is 3. The van der Waals surface area contributed by atoms with Crippen LogP contribution in [0.5, 0.6) is 0 Å². The zero-order valence-corrected chi connectivity index (χ0v) is 14.4. The molecule has 0 unspecified atom stereocenters. The highest BCUT2D eigenvalue weighted by Gasteiger charge is 2.36. The van der Waals surface area contributed by atoms with E-state index in [9.17, 15) is 26.7 Å². The maximum Gasteiger partial charge on any atom is 0.435 e.